The molecule has 1 heterocycles. The molecule has 0 radical (unpaired) electrons. The first-order chi connectivity index (χ1) is 10.2. The molecule has 23 heavy (non-hydrogen) atoms. The van der Waals surface area contributed by atoms with Gasteiger partial charge in [-0.05, 0) is 44.3 Å². The number of rotatable bonds is 7. The Morgan fingerprint density at radius 3 is 2.57 bits per heavy atom. The van der Waals surface area contributed by atoms with Crippen LogP contribution in [-0.2, 0) is 11.2 Å². The van der Waals surface area contributed by atoms with Gasteiger partial charge < -0.3 is 15.1 Å². The molecule has 0 fully saturated rings. The van der Waals surface area contributed by atoms with E-state index in [1.165, 1.54) is 18.4 Å². The average molecular weight is 364 g/mol. The number of amides is 1. The predicted molar refractivity (Wildman–Crippen MR) is 91.7 cm³/mol. The van der Waals surface area contributed by atoms with Gasteiger partial charge in [0.2, 0.25) is 11.8 Å². The highest BCUT2D eigenvalue weighted by Crippen LogP contribution is 2.19. The standard InChI is InChI=1S/C15H18FN3O2.2ClH/c1-17-7-2-8-18-14(20)9-13-10-21-15(19-13)11-3-5-12(16)6-4-11;;/h3-6,10,17H,2,7-9H2,1H3,(H,18,20);2*1H. The van der Waals surface area contributed by atoms with Gasteiger partial charge in [0.05, 0.1) is 12.1 Å². The van der Waals surface area contributed by atoms with Crippen LogP contribution in [0.1, 0.15) is 12.1 Å². The van der Waals surface area contributed by atoms with Gasteiger partial charge in [0.25, 0.3) is 0 Å². The monoisotopic (exact) mass is 363 g/mol. The minimum absolute atomic E-state index is 0. The van der Waals surface area contributed by atoms with E-state index in [1.54, 1.807) is 12.1 Å². The van der Waals surface area contributed by atoms with Crippen molar-refractivity contribution in [1.29, 1.82) is 0 Å². The first-order valence-electron chi connectivity index (χ1n) is 6.80. The topological polar surface area (TPSA) is 67.2 Å². The van der Waals surface area contributed by atoms with E-state index < -0.39 is 0 Å². The maximum Gasteiger partial charge on any atom is 0.226 e. The highest BCUT2D eigenvalue weighted by molar-refractivity contribution is 5.85. The lowest BCUT2D eigenvalue weighted by molar-refractivity contribution is -0.120. The van der Waals surface area contributed by atoms with E-state index in [0.717, 1.165) is 13.0 Å². The summed E-state index contributed by atoms with van der Waals surface area (Å²) in [6.07, 6.45) is 2.50. The number of nitrogens with one attached hydrogen (secondary N) is 2. The molecule has 0 bridgehead atoms. The van der Waals surface area contributed by atoms with E-state index in [2.05, 4.69) is 15.6 Å². The SMILES string of the molecule is CNCCCNC(=O)Cc1coc(-c2ccc(F)cc2)n1.Cl.Cl. The van der Waals surface area contributed by atoms with Crippen LogP contribution in [0.3, 0.4) is 0 Å². The number of oxazole rings is 1. The maximum atomic E-state index is 12.8. The molecule has 2 N–H and O–H groups in total. The summed E-state index contributed by atoms with van der Waals surface area (Å²) in [6, 6.07) is 5.85. The lowest BCUT2D eigenvalue weighted by Gasteiger charge is -2.02. The number of hydrogen-bond donors (Lipinski definition) is 2. The third-order valence-corrected chi connectivity index (χ3v) is 2.91. The van der Waals surface area contributed by atoms with E-state index in [1.807, 2.05) is 7.05 Å². The summed E-state index contributed by atoms with van der Waals surface area (Å²) >= 11 is 0. The zero-order valence-corrected chi connectivity index (χ0v) is 14.3. The number of aromatic nitrogens is 1. The van der Waals surface area contributed by atoms with E-state index in [9.17, 15) is 9.18 Å². The molecule has 0 saturated carbocycles. The first kappa shape index (κ1) is 21.4. The van der Waals surface area contributed by atoms with Gasteiger partial charge in [-0.25, -0.2) is 9.37 Å². The third-order valence-electron chi connectivity index (χ3n) is 2.91. The normalized spacial score (nSPS) is 9.65. The minimum Gasteiger partial charge on any atom is -0.444 e. The van der Waals surface area contributed by atoms with Gasteiger partial charge in [0.15, 0.2) is 0 Å². The van der Waals surface area contributed by atoms with E-state index in [0.29, 0.717) is 23.7 Å². The Labute approximate surface area is 146 Å². The van der Waals surface area contributed by atoms with E-state index >= 15 is 0 Å². The van der Waals surface area contributed by atoms with E-state index in [-0.39, 0.29) is 43.0 Å². The van der Waals surface area contributed by atoms with Crippen molar-refractivity contribution in [3.05, 3.63) is 42.0 Å². The summed E-state index contributed by atoms with van der Waals surface area (Å²) in [5, 5.41) is 5.82. The smallest absolute Gasteiger partial charge is 0.226 e. The van der Waals surface area contributed by atoms with E-state index in [4.69, 9.17) is 4.42 Å². The van der Waals surface area contributed by atoms with Gasteiger partial charge in [0, 0.05) is 12.1 Å². The number of carbonyl (C=O) groups is 1. The number of carbonyl (C=O) groups excluding carboxylic acids is 1. The van der Waals surface area contributed by atoms with Crippen LogP contribution in [0.5, 0.6) is 0 Å². The van der Waals surface area contributed by atoms with Crippen molar-refractivity contribution in [2.45, 2.75) is 12.8 Å². The van der Waals surface area contributed by atoms with Crippen LogP contribution in [-0.4, -0.2) is 31.0 Å². The zero-order valence-electron chi connectivity index (χ0n) is 12.7. The molecule has 2 rings (SSSR count). The van der Waals surface area contributed by atoms with Crippen molar-refractivity contribution in [2.24, 2.45) is 0 Å². The Balaban J connectivity index is 0.00000242. The van der Waals surface area contributed by atoms with Crippen LogP contribution in [0.15, 0.2) is 34.9 Å². The predicted octanol–water partition coefficient (Wildman–Crippen LogP) is 2.59. The molecule has 0 unspecified atom stereocenters. The largest absolute Gasteiger partial charge is 0.444 e. The molecular weight excluding hydrogens is 344 g/mol. The van der Waals surface area contributed by atoms with Crippen molar-refractivity contribution in [3.8, 4) is 11.5 Å². The summed E-state index contributed by atoms with van der Waals surface area (Å²) in [7, 11) is 1.87. The molecule has 0 aliphatic heterocycles. The third kappa shape index (κ3) is 6.99. The molecule has 2 aromatic rings. The van der Waals surface area contributed by atoms with Crippen LogP contribution >= 0.6 is 24.8 Å². The molecule has 5 nitrogen and oxygen atoms in total. The number of benzene rings is 1. The summed E-state index contributed by atoms with van der Waals surface area (Å²) in [5.41, 5.74) is 1.23. The van der Waals surface area contributed by atoms with Crippen LogP contribution in [0.25, 0.3) is 11.5 Å². The van der Waals surface area contributed by atoms with Crippen molar-refractivity contribution in [2.75, 3.05) is 20.1 Å². The molecule has 0 aliphatic rings. The molecular formula is C15H20Cl2FN3O2. The van der Waals surface area contributed by atoms with Crippen LogP contribution in [0, 0.1) is 5.82 Å². The molecule has 1 amide bonds. The fourth-order valence-electron chi connectivity index (χ4n) is 1.83. The Kier molecular flexibility index (Phi) is 10.2. The van der Waals surface area contributed by atoms with Crippen LogP contribution in [0.2, 0.25) is 0 Å². The minimum atomic E-state index is -0.313. The van der Waals surface area contributed by atoms with Gasteiger partial charge in [-0.2, -0.15) is 0 Å². The van der Waals surface area contributed by atoms with Gasteiger partial charge in [-0.15, -0.1) is 24.8 Å². The molecule has 8 heteroatoms. The highest BCUT2D eigenvalue weighted by Gasteiger charge is 2.10. The van der Waals surface area contributed by atoms with Crippen molar-refractivity contribution < 1.29 is 13.6 Å². The Morgan fingerprint density at radius 1 is 1.22 bits per heavy atom. The molecule has 0 aliphatic carbocycles. The Hall–Kier alpha value is -1.63. The second-order valence-electron chi connectivity index (χ2n) is 4.63. The fraction of sp³-hybridized carbons (Fsp3) is 0.333. The average Bonchev–Trinajstić information content (AvgIpc) is 2.93. The van der Waals surface area contributed by atoms with Gasteiger partial charge in [0.1, 0.15) is 12.1 Å². The molecule has 128 valence electrons. The second kappa shape index (κ2) is 11.0. The van der Waals surface area contributed by atoms with Gasteiger partial charge >= 0.3 is 0 Å². The number of nitrogens with zero attached hydrogens (tertiary/aromatic N) is 1. The maximum absolute atomic E-state index is 12.8. The first-order valence-corrected chi connectivity index (χ1v) is 6.80. The molecule has 0 saturated heterocycles. The lowest BCUT2D eigenvalue weighted by atomic mass is 10.2. The molecule has 0 atom stereocenters. The second-order valence-corrected chi connectivity index (χ2v) is 4.63. The number of hydrogen-bond acceptors (Lipinski definition) is 4. The quantitative estimate of drug-likeness (QED) is 0.742. The van der Waals surface area contributed by atoms with Crippen molar-refractivity contribution in [1.82, 2.24) is 15.6 Å². The lowest BCUT2D eigenvalue weighted by Crippen LogP contribution is -2.28. The number of halogens is 3. The highest BCUT2D eigenvalue weighted by atomic mass is 35.5. The summed E-state index contributed by atoms with van der Waals surface area (Å²) in [5.74, 6) is -0.0236. The zero-order chi connectivity index (χ0) is 15.1. The summed E-state index contributed by atoms with van der Waals surface area (Å²) in [6.45, 7) is 1.49. The summed E-state index contributed by atoms with van der Waals surface area (Å²) in [4.78, 5) is 15.9. The molecule has 0 spiro atoms. The van der Waals surface area contributed by atoms with Crippen LogP contribution in [0.4, 0.5) is 4.39 Å². The van der Waals surface area contributed by atoms with Crippen LogP contribution < -0.4 is 10.6 Å². The van der Waals surface area contributed by atoms with Gasteiger partial charge in [-0.1, -0.05) is 0 Å². The van der Waals surface area contributed by atoms with Crippen molar-refractivity contribution in [3.63, 3.8) is 0 Å². The molecule has 1 aromatic carbocycles. The molecule has 1 aromatic heterocycles. The fourth-order valence-corrected chi connectivity index (χ4v) is 1.83. The van der Waals surface area contributed by atoms with Crippen molar-refractivity contribution >= 4 is 30.7 Å². The summed E-state index contributed by atoms with van der Waals surface area (Å²) < 4.78 is 18.2. The van der Waals surface area contributed by atoms with Gasteiger partial charge in [-0.3, -0.25) is 4.79 Å². The Morgan fingerprint density at radius 2 is 1.91 bits per heavy atom. The Bertz CT molecular complexity index is 591.